The largest absolute Gasteiger partial charge is 0.411 e. The average molecular weight is 296 g/mol. The molecular weight excluding hydrogens is 273 g/mol. The molecule has 0 saturated heterocycles. The standard InChI is InChI=1S/C13H23F3N2O2/c14-13(15,16)9-20-7-6-18-12(19)11(17)8-10-4-2-1-3-5-10/h10-11H,1-9,17H2,(H,18,19). The Morgan fingerprint density at radius 2 is 1.95 bits per heavy atom. The molecule has 4 nitrogen and oxygen atoms in total. The number of amides is 1. The third-order valence-electron chi connectivity index (χ3n) is 3.46. The van der Waals surface area contributed by atoms with Crippen LogP contribution >= 0.6 is 0 Å². The lowest BCUT2D eigenvalue weighted by Gasteiger charge is -2.24. The Balaban J connectivity index is 2.08. The number of carbonyl (C=O) groups excluding carboxylic acids is 1. The van der Waals surface area contributed by atoms with E-state index in [1.165, 1.54) is 19.3 Å². The van der Waals surface area contributed by atoms with Crippen molar-refractivity contribution in [2.45, 2.75) is 50.7 Å². The van der Waals surface area contributed by atoms with Gasteiger partial charge in [-0.1, -0.05) is 32.1 Å². The maximum atomic E-state index is 11.8. The zero-order valence-electron chi connectivity index (χ0n) is 11.5. The normalized spacial score (nSPS) is 18.8. The number of hydrogen-bond donors (Lipinski definition) is 2. The molecule has 7 heteroatoms. The molecule has 0 aromatic carbocycles. The van der Waals surface area contributed by atoms with E-state index in [2.05, 4.69) is 10.1 Å². The number of nitrogens with two attached hydrogens (primary N) is 1. The van der Waals surface area contributed by atoms with Gasteiger partial charge in [0, 0.05) is 6.54 Å². The minimum absolute atomic E-state index is 0.0489. The topological polar surface area (TPSA) is 64.4 Å². The third kappa shape index (κ3) is 7.69. The molecule has 1 aliphatic rings. The summed E-state index contributed by atoms with van der Waals surface area (Å²) in [6.45, 7) is -1.41. The van der Waals surface area contributed by atoms with Gasteiger partial charge in [0.2, 0.25) is 5.91 Å². The van der Waals surface area contributed by atoms with E-state index in [0.29, 0.717) is 12.3 Å². The van der Waals surface area contributed by atoms with E-state index in [1.54, 1.807) is 0 Å². The van der Waals surface area contributed by atoms with E-state index < -0.39 is 18.8 Å². The van der Waals surface area contributed by atoms with Crippen LogP contribution in [0, 0.1) is 5.92 Å². The van der Waals surface area contributed by atoms with Crippen molar-refractivity contribution in [2.75, 3.05) is 19.8 Å². The van der Waals surface area contributed by atoms with Gasteiger partial charge in [-0.3, -0.25) is 4.79 Å². The van der Waals surface area contributed by atoms with Crippen LogP contribution in [0.4, 0.5) is 13.2 Å². The van der Waals surface area contributed by atoms with Crippen LogP contribution in [0.5, 0.6) is 0 Å². The summed E-state index contributed by atoms with van der Waals surface area (Å²) in [5.41, 5.74) is 5.80. The van der Waals surface area contributed by atoms with Crippen LogP contribution in [-0.4, -0.2) is 37.9 Å². The lowest BCUT2D eigenvalue weighted by molar-refractivity contribution is -0.173. The molecule has 1 rings (SSSR count). The van der Waals surface area contributed by atoms with Gasteiger partial charge in [0.15, 0.2) is 0 Å². The van der Waals surface area contributed by atoms with Crippen molar-refractivity contribution in [2.24, 2.45) is 11.7 Å². The first kappa shape index (κ1) is 17.2. The van der Waals surface area contributed by atoms with Crippen LogP contribution in [0.1, 0.15) is 38.5 Å². The Morgan fingerprint density at radius 3 is 2.55 bits per heavy atom. The maximum Gasteiger partial charge on any atom is 0.411 e. The Bertz CT molecular complexity index is 292. The first-order valence-corrected chi connectivity index (χ1v) is 7.06. The fourth-order valence-corrected chi connectivity index (χ4v) is 2.45. The van der Waals surface area contributed by atoms with Crippen molar-refractivity contribution in [1.29, 1.82) is 0 Å². The van der Waals surface area contributed by atoms with Gasteiger partial charge in [0.05, 0.1) is 12.6 Å². The fourth-order valence-electron chi connectivity index (χ4n) is 2.45. The Kier molecular flexibility index (Phi) is 7.29. The second-order valence-corrected chi connectivity index (χ2v) is 5.31. The van der Waals surface area contributed by atoms with Crippen molar-refractivity contribution in [3.8, 4) is 0 Å². The minimum Gasteiger partial charge on any atom is -0.370 e. The van der Waals surface area contributed by atoms with Crippen molar-refractivity contribution < 1.29 is 22.7 Å². The number of hydrogen-bond acceptors (Lipinski definition) is 3. The van der Waals surface area contributed by atoms with Crippen LogP contribution < -0.4 is 11.1 Å². The minimum atomic E-state index is -4.33. The molecular formula is C13H23F3N2O2. The van der Waals surface area contributed by atoms with Crippen molar-refractivity contribution >= 4 is 5.91 Å². The Labute approximate surface area is 117 Å². The van der Waals surface area contributed by atoms with Crippen LogP contribution in [0.3, 0.4) is 0 Å². The predicted octanol–water partition coefficient (Wildman–Crippen LogP) is 1.98. The summed E-state index contributed by atoms with van der Waals surface area (Å²) in [6.07, 6.45) is 2.14. The summed E-state index contributed by atoms with van der Waals surface area (Å²) in [5.74, 6) is 0.178. The molecule has 0 radical (unpaired) electrons. The first-order chi connectivity index (χ1) is 9.38. The summed E-state index contributed by atoms with van der Waals surface area (Å²) in [4.78, 5) is 11.7. The molecule has 3 N–H and O–H groups in total. The summed E-state index contributed by atoms with van der Waals surface area (Å²) in [7, 11) is 0. The van der Waals surface area contributed by atoms with Crippen molar-refractivity contribution in [3.63, 3.8) is 0 Å². The summed E-state index contributed by atoms with van der Waals surface area (Å²) in [5, 5.41) is 2.50. The van der Waals surface area contributed by atoms with Crippen molar-refractivity contribution in [3.05, 3.63) is 0 Å². The second-order valence-electron chi connectivity index (χ2n) is 5.31. The van der Waals surface area contributed by atoms with E-state index in [-0.39, 0.29) is 19.1 Å². The molecule has 0 aromatic heterocycles. The maximum absolute atomic E-state index is 11.8. The summed E-state index contributed by atoms with van der Waals surface area (Å²) in [6, 6.07) is -0.583. The Hall–Kier alpha value is -0.820. The molecule has 1 atom stereocenters. The highest BCUT2D eigenvalue weighted by atomic mass is 19.4. The SMILES string of the molecule is NC(CC1CCCCC1)C(=O)NCCOCC(F)(F)F. The lowest BCUT2D eigenvalue weighted by Crippen LogP contribution is -2.43. The van der Waals surface area contributed by atoms with Crippen LogP contribution in [-0.2, 0) is 9.53 Å². The molecule has 0 aromatic rings. The van der Waals surface area contributed by atoms with Crippen LogP contribution in [0.15, 0.2) is 0 Å². The van der Waals surface area contributed by atoms with Gasteiger partial charge in [-0.05, 0) is 12.3 Å². The van der Waals surface area contributed by atoms with Gasteiger partial charge >= 0.3 is 6.18 Å². The van der Waals surface area contributed by atoms with Gasteiger partial charge in [0.25, 0.3) is 0 Å². The van der Waals surface area contributed by atoms with Gasteiger partial charge in [-0.15, -0.1) is 0 Å². The van der Waals surface area contributed by atoms with E-state index in [4.69, 9.17) is 5.73 Å². The van der Waals surface area contributed by atoms with Gasteiger partial charge < -0.3 is 15.8 Å². The lowest BCUT2D eigenvalue weighted by atomic mass is 9.85. The highest BCUT2D eigenvalue weighted by molar-refractivity contribution is 5.81. The monoisotopic (exact) mass is 296 g/mol. The number of nitrogens with one attached hydrogen (secondary N) is 1. The van der Waals surface area contributed by atoms with Crippen LogP contribution in [0.2, 0.25) is 0 Å². The molecule has 1 unspecified atom stereocenters. The molecule has 1 saturated carbocycles. The number of ether oxygens (including phenoxy) is 1. The number of alkyl halides is 3. The molecule has 1 fully saturated rings. The summed E-state index contributed by atoms with van der Waals surface area (Å²) >= 11 is 0. The zero-order valence-corrected chi connectivity index (χ0v) is 11.5. The molecule has 0 aliphatic heterocycles. The third-order valence-corrected chi connectivity index (χ3v) is 3.46. The van der Waals surface area contributed by atoms with Gasteiger partial charge in [0.1, 0.15) is 6.61 Å². The number of halogens is 3. The quantitative estimate of drug-likeness (QED) is 0.706. The van der Waals surface area contributed by atoms with E-state index >= 15 is 0 Å². The van der Waals surface area contributed by atoms with Crippen LogP contribution in [0.25, 0.3) is 0 Å². The molecule has 0 bridgehead atoms. The van der Waals surface area contributed by atoms with E-state index in [9.17, 15) is 18.0 Å². The fraction of sp³-hybridized carbons (Fsp3) is 0.923. The zero-order chi connectivity index (χ0) is 15.0. The number of rotatable bonds is 7. The van der Waals surface area contributed by atoms with E-state index in [0.717, 1.165) is 12.8 Å². The molecule has 1 aliphatic carbocycles. The average Bonchev–Trinajstić information content (AvgIpc) is 2.38. The Morgan fingerprint density at radius 1 is 1.30 bits per heavy atom. The highest BCUT2D eigenvalue weighted by Gasteiger charge is 2.27. The first-order valence-electron chi connectivity index (χ1n) is 7.06. The highest BCUT2D eigenvalue weighted by Crippen LogP contribution is 2.26. The smallest absolute Gasteiger partial charge is 0.370 e. The number of carbonyl (C=O) groups is 1. The van der Waals surface area contributed by atoms with Crippen molar-refractivity contribution in [1.82, 2.24) is 5.32 Å². The summed E-state index contributed by atoms with van der Waals surface area (Å²) < 4.78 is 39.8. The second kappa shape index (κ2) is 8.46. The molecule has 0 heterocycles. The van der Waals surface area contributed by atoms with Gasteiger partial charge in [-0.25, -0.2) is 0 Å². The van der Waals surface area contributed by atoms with E-state index in [1.807, 2.05) is 0 Å². The molecule has 1 amide bonds. The molecule has 0 spiro atoms. The van der Waals surface area contributed by atoms with Gasteiger partial charge in [-0.2, -0.15) is 13.2 Å². The molecule has 118 valence electrons. The molecule has 20 heavy (non-hydrogen) atoms. The predicted molar refractivity (Wildman–Crippen MR) is 69.1 cm³/mol.